The van der Waals surface area contributed by atoms with Gasteiger partial charge in [0, 0.05) is 11.6 Å². The maximum atomic E-state index is 12.2. The fraction of sp³-hybridized carbons (Fsp3) is 0.333. The third-order valence-electron chi connectivity index (χ3n) is 1.85. The lowest BCUT2D eigenvalue weighted by atomic mass is 10.0. The summed E-state index contributed by atoms with van der Waals surface area (Å²) < 4.78 is 36.7. The van der Waals surface area contributed by atoms with Gasteiger partial charge in [0.2, 0.25) is 0 Å². The van der Waals surface area contributed by atoms with Gasteiger partial charge in [-0.3, -0.25) is 0 Å². The molecule has 5 heteroatoms. The van der Waals surface area contributed by atoms with Crippen LogP contribution in [0.25, 0.3) is 0 Å². The van der Waals surface area contributed by atoms with Crippen LogP contribution in [0.1, 0.15) is 24.1 Å². The van der Waals surface area contributed by atoms with E-state index in [9.17, 15) is 18.3 Å². The molecule has 0 heterocycles. The Morgan fingerprint density at radius 1 is 1.36 bits per heavy atom. The van der Waals surface area contributed by atoms with Crippen molar-refractivity contribution in [1.82, 2.24) is 0 Å². The molecule has 0 aliphatic rings. The smallest absolute Gasteiger partial charge is 0.416 e. The molecular weight excluding hydrogens is 195 g/mol. The Morgan fingerprint density at radius 2 is 1.93 bits per heavy atom. The SMILES string of the molecule is C[C@H](N)c1cc(C(F)(F)F)ccc1O. The third kappa shape index (κ3) is 2.17. The molecule has 0 amide bonds. The van der Waals surface area contributed by atoms with Crippen LogP contribution in [0.4, 0.5) is 13.2 Å². The Morgan fingerprint density at radius 3 is 2.36 bits per heavy atom. The number of halogens is 3. The number of aromatic hydroxyl groups is 1. The van der Waals surface area contributed by atoms with Crippen LogP contribution < -0.4 is 5.73 Å². The van der Waals surface area contributed by atoms with Crippen molar-refractivity contribution in [3.05, 3.63) is 29.3 Å². The minimum Gasteiger partial charge on any atom is -0.508 e. The van der Waals surface area contributed by atoms with Crippen molar-refractivity contribution >= 4 is 0 Å². The molecule has 1 atom stereocenters. The second-order valence-electron chi connectivity index (χ2n) is 3.06. The van der Waals surface area contributed by atoms with Crippen molar-refractivity contribution in [2.75, 3.05) is 0 Å². The van der Waals surface area contributed by atoms with Gasteiger partial charge in [-0.2, -0.15) is 13.2 Å². The van der Waals surface area contributed by atoms with Gasteiger partial charge >= 0.3 is 6.18 Å². The van der Waals surface area contributed by atoms with Crippen LogP contribution in [-0.2, 0) is 6.18 Å². The molecule has 0 unspecified atom stereocenters. The maximum Gasteiger partial charge on any atom is 0.416 e. The van der Waals surface area contributed by atoms with Gasteiger partial charge in [-0.25, -0.2) is 0 Å². The summed E-state index contributed by atoms with van der Waals surface area (Å²) in [5.74, 6) is -0.215. The predicted molar refractivity (Wildman–Crippen MR) is 45.7 cm³/mol. The van der Waals surface area contributed by atoms with E-state index in [-0.39, 0.29) is 11.3 Å². The molecule has 0 saturated carbocycles. The largest absolute Gasteiger partial charge is 0.508 e. The average Bonchev–Trinajstić information content (AvgIpc) is 2.02. The number of hydrogen-bond acceptors (Lipinski definition) is 2. The highest BCUT2D eigenvalue weighted by Gasteiger charge is 2.31. The van der Waals surface area contributed by atoms with Crippen LogP contribution in [0.3, 0.4) is 0 Å². The molecule has 2 nitrogen and oxygen atoms in total. The van der Waals surface area contributed by atoms with Gasteiger partial charge in [0.15, 0.2) is 0 Å². The first-order valence-electron chi connectivity index (χ1n) is 3.98. The normalized spacial score (nSPS) is 14.1. The van der Waals surface area contributed by atoms with E-state index in [0.29, 0.717) is 0 Å². The summed E-state index contributed by atoms with van der Waals surface area (Å²) in [5.41, 5.74) is 4.69. The minimum atomic E-state index is -4.41. The number of alkyl halides is 3. The molecule has 1 aromatic rings. The second-order valence-corrected chi connectivity index (χ2v) is 3.06. The number of benzene rings is 1. The van der Waals surface area contributed by atoms with E-state index >= 15 is 0 Å². The molecule has 0 fully saturated rings. The number of rotatable bonds is 1. The molecule has 14 heavy (non-hydrogen) atoms. The van der Waals surface area contributed by atoms with E-state index in [4.69, 9.17) is 5.73 Å². The molecule has 78 valence electrons. The van der Waals surface area contributed by atoms with Crippen molar-refractivity contribution in [2.24, 2.45) is 5.73 Å². The third-order valence-corrected chi connectivity index (χ3v) is 1.85. The van der Waals surface area contributed by atoms with Gasteiger partial charge in [-0.05, 0) is 25.1 Å². The van der Waals surface area contributed by atoms with Crippen LogP contribution in [-0.4, -0.2) is 5.11 Å². The number of nitrogens with two attached hydrogens (primary N) is 1. The highest BCUT2D eigenvalue weighted by Crippen LogP contribution is 2.33. The van der Waals surface area contributed by atoms with E-state index in [1.165, 1.54) is 6.92 Å². The molecule has 0 saturated heterocycles. The Balaban J connectivity index is 3.20. The molecular formula is C9H10F3NO. The van der Waals surface area contributed by atoms with Crippen LogP contribution in [0.2, 0.25) is 0 Å². The number of hydrogen-bond donors (Lipinski definition) is 2. The van der Waals surface area contributed by atoms with Crippen LogP contribution >= 0.6 is 0 Å². The Bertz CT molecular complexity index is 333. The highest BCUT2D eigenvalue weighted by atomic mass is 19.4. The van der Waals surface area contributed by atoms with Crippen LogP contribution in [0, 0.1) is 0 Å². The van der Waals surface area contributed by atoms with Crippen molar-refractivity contribution in [1.29, 1.82) is 0 Å². The fourth-order valence-electron chi connectivity index (χ4n) is 1.10. The zero-order valence-electron chi connectivity index (χ0n) is 7.47. The average molecular weight is 205 g/mol. The predicted octanol–water partition coefficient (Wildman–Crippen LogP) is 2.43. The zero-order chi connectivity index (χ0) is 10.9. The highest BCUT2D eigenvalue weighted by molar-refractivity contribution is 5.38. The van der Waals surface area contributed by atoms with Gasteiger partial charge < -0.3 is 10.8 Å². The molecule has 0 radical (unpaired) electrons. The van der Waals surface area contributed by atoms with Gasteiger partial charge in [-0.1, -0.05) is 0 Å². The van der Waals surface area contributed by atoms with Crippen molar-refractivity contribution in [3.63, 3.8) is 0 Å². The van der Waals surface area contributed by atoms with E-state index in [1.54, 1.807) is 0 Å². The molecule has 3 N–H and O–H groups in total. The zero-order valence-corrected chi connectivity index (χ0v) is 7.47. The lowest BCUT2D eigenvalue weighted by Gasteiger charge is -2.12. The number of phenolic OH excluding ortho intramolecular Hbond substituents is 1. The fourth-order valence-corrected chi connectivity index (χ4v) is 1.10. The topological polar surface area (TPSA) is 46.2 Å². The molecule has 0 bridgehead atoms. The summed E-state index contributed by atoms with van der Waals surface area (Å²) >= 11 is 0. The molecule has 0 spiro atoms. The Kier molecular flexibility index (Phi) is 2.71. The molecule has 0 aliphatic heterocycles. The molecule has 0 aromatic heterocycles. The Hall–Kier alpha value is -1.23. The first kappa shape index (κ1) is 10.8. The van der Waals surface area contributed by atoms with E-state index in [0.717, 1.165) is 18.2 Å². The summed E-state index contributed by atoms with van der Waals surface area (Å²) in [5, 5.41) is 9.22. The van der Waals surface area contributed by atoms with Gasteiger partial charge in [0.05, 0.1) is 5.56 Å². The molecule has 0 aliphatic carbocycles. The summed E-state index contributed by atoms with van der Waals surface area (Å²) in [6.45, 7) is 1.51. The lowest BCUT2D eigenvalue weighted by molar-refractivity contribution is -0.137. The van der Waals surface area contributed by atoms with Gasteiger partial charge in [0.1, 0.15) is 5.75 Å². The maximum absolute atomic E-state index is 12.2. The van der Waals surface area contributed by atoms with E-state index in [2.05, 4.69) is 0 Å². The van der Waals surface area contributed by atoms with Crippen molar-refractivity contribution in [3.8, 4) is 5.75 Å². The van der Waals surface area contributed by atoms with Gasteiger partial charge in [0.25, 0.3) is 0 Å². The van der Waals surface area contributed by atoms with Gasteiger partial charge in [-0.15, -0.1) is 0 Å². The summed E-state index contributed by atoms with van der Waals surface area (Å²) in [7, 11) is 0. The minimum absolute atomic E-state index is 0.0971. The second kappa shape index (κ2) is 3.49. The number of phenols is 1. The molecule has 1 rings (SSSR count). The van der Waals surface area contributed by atoms with E-state index in [1.807, 2.05) is 0 Å². The monoisotopic (exact) mass is 205 g/mol. The molecule has 1 aromatic carbocycles. The first-order valence-corrected chi connectivity index (χ1v) is 3.98. The standard InChI is InChI=1S/C9H10F3NO/c1-5(13)7-4-6(9(10,11)12)2-3-8(7)14/h2-5,14H,13H2,1H3/t5-/m0/s1. The van der Waals surface area contributed by atoms with Crippen molar-refractivity contribution in [2.45, 2.75) is 19.1 Å². The van der Waals surface area contributed by atoms with E-state index < -0.39 is 17.8 Å². The van der Waals surface area contributed by atoms with Crippen LogP contribution in [0.5, 0.6) is 5.75 Å². The first-order chi connectivity index (χ1) is 6.32. The quantitative estimate of drug-likeness (QED) is 0.739. The van der Waals surface area contributed by atoms with Crippen molar-refractivity contribution < 1.29 is 18.3 Å². The summed E-state index contributed by atoms with van der Waals surface area (Å²) in [4.78, 5) is 0. The summed E-state index contributed by atoms with van der Waals surface area (Å²) in [6.07, 6.45) is -4.41. The Labute approximate surface area is 79.2 Å². The van der Waals surface area contributed by atoms with Crippen LogP contribution in [0.15, 0.2) is 18.2 Å². The lowest BCUT2D eigenvalue weighted by Crippen LogP contribution is -2.09. The summed E-state index contributed by atoms with van der Waals surface area (Å²) in [6, 6.07) is 2.06.